The highest BCUT2D eigenvalue weighted by Gasteiger charge is 2.22. The van der Waals surface area contributed by atoms with E-state index >= 15 is 0 Å². The predicted molar refractivity (Wildman–Crippen MR) is 88.8 cm³/mol. The molecule has 0 aliphatic carbocycles. The van der Waals surface area contributed by atoms with Crippen molar-refractivity contribution in [2.45, 2.75) is 52.1 Å². The zero-order valence-electron chi connectivity index (χ0n) is 14.4. The van der Waals surface area contributed by atoms with Gasteiger partial charge in [0.25, 0.3) is 5.91 Å². The van der Waals surface area contributed by atoms with Crippen molar-refractivity contribution in [3.63, 3.8) is 0 Å². The van der Waals surface area contributed by atoms with Gasteiger partial charge >= 0.3 is 5.69 Å². The molecule has 24 heavy (non-hydrogen) atoms. The van der Waals surface area contributed by atoms with Crippen LogP contribution in [-0.2, 0) is 26.4 Å². The van der Waals surface area contributed by atoms with Gasteiger partial charge in [-0.2, -0.15) is 10.2 Å². The fourth-order valence-corrected chi connectivity index (χ4v) is 3.12. The van der Waals surface area contributed by atoms with Crippen molar-refractivity contribution < 1.29 is 4.79 Å². The van der Waals surface area contributed by atoms with Crippen LogP contribution in [-0.4, -0.2) is 36.5 Å². The minimum Gasteiger partial charge on any atom is -0.348 e. The van der Waals surface area contributed by atoms with E-state index in [0.29, 0.717) is 31.0 Å². The van der Waals surface area contributed by atoms with Crippen molar-refractivity contribution in [2.75, 3.05) is 0 Å². The fourth-order valence-electron chi connectivity index (χ4n) is 3.12. The van der Waals surface area contributed by atoms with Crippen LogP contribution in [0.5, 0.6) is 0 Å². The van der Waals surface area contributed by atoms with Gasteiger partial charge in [0.1, 0.15) is 11.5 Å². The minimum absolute atomic E-state index is 0.0224. The van der Waals surface area contributed by atoms with Gasteiger partial charge in [0, 0.05) is 31.7 Å². The number of fused-ring (bicyclic) bond motifs is 1. The molecule has 0 fully saturated rings. The lowest BCUT2D eigenvalue weighted by molar-refractivity contribution is 0.0927. The van der Waals surface area contributed by atoms with Crippen molar-refractivity contribution in [2.24, 2.45) is 13.0 Å². The van der Waals surface area contributed by atoms with E-state index in [1.54, 1.807) is 11.6 Å². The molecule has 130 valence electrons. The van der Waals surface area contributed by atoms with Gasteiger partial charge in [-0.05, 0) is 31.2 Å². The lowest BCUT2D eigenvalue weighted by Crippen LogP contribution is -2.36. The minimum atomic E-state index is -0.168. The molecule has 2 aromatic heterocycles. The molecule has 2 aromatic rings. The number of carbonyl (C=O) groups excluding carboxylic acids is 1. The Balaban J connectivity index is 1.61. The van der Waals surface area contributed by atoms with Gasteiger partial charge < -0.3 is 5.32 Å². The van der Waals surface area contributed by atoms with Gasteiger partial charge in [0.15, 0.2) is 0 Å². The number of carbonyl (C=O) groups is 1. The van der Waals surface area contributed by atoms with Gasteiger partial charge in [0.2, 0.25) is 0 Å². The van der Waals surface area contributed by atoms with E-state index in [2.05, 4.69) is 34.5 Å². The summed E-state index contributed by atoms with van der Waals surface area (Å²) in [4.78, 5) is 24.3. The highest BCUT2D eigenvalue weighted by Crippen LogP contribution is 2.13. The van der Waals surface area contributed by atoms with E-state index in [0.717, 1.165) is 24.4 Å². The maximum atomic E-state index is 12.4. The van der Waals surface area contributed by atoms with Crippen LogP contribution >= 0.6 is 0 Å². The van der Waals surface area contributed by atoms with Crippen LogP contribution in [0, 0.1) is 5.92 Å². The summed E-state index contributed by atoms with van der Waals surface area (Å²) in [7, 11) is 1.66. The molecule has 2 N–H and O–H groups in total. The number of hydrogen-bond donors (Lipinski definition) is 2. The molecule has 3 rings (SSSR count). The number of aryl methyl sites for hydroxylation is 2. The topological polar surface area (TPSA) is 97.6 Å². The summed E-state index contributed by atoms with van der Waals surface area (Å²) < 4.78 is 3.07. The monoisotopic (exact) mass is 332 g/mol. The highest BCUT2D eigenvalue weighted by atomic mass is 16.2. The summed E-state index contributed by atoms with van der Waals surface area (Å²) in [5.41, 5.74) is 1.30. The Morgan fingerprint density at radius 2 is 2.25 bits per heavy atom. The molecule has 0 bridgehead atoms. The molecule has 3 heterocycles. The zero-order valence-corrected chi connectivity index (χ0v) is 14.4. The number of hydrogen-bond acceptors (Lipinski definition) is 4. The second-order valence-electron chi connectivity index (χ2n) is 6.85. The largest absolute Gasteiger partial charge is 0.348 e. The summed E-state index contributed by atoms with van der Waals surface area (Å²) in [6, 6.07) is 1.83. The molecule has 8 nitrogen and oxygen atoms in total. The number of nitrogens with zero attached hydrogens (tertiary/aromatic N) is 4. The van der Waals surface area contributed by atoms with Gasteiger partial charge in [0.05, 0.1) is 0 Å². The number of nitrogens with one attached hydrogen (secondary N) is 2. The van der Waals surface area contributed by atoms with Crippen molar-refractivity contribution in [3.8, 4) is 0 Å². The average molecular weight is 332 g/mol. The first-order valence-corrected chi connectivity index (χ1v) is 8.42. The molecule has 8 heteroatoms. The van der Waals surface area contributed by atoms with Gasteiger partial charge in [-0.3, -0.25) is 14.5 Å². The van der Waals surface area contributed by atoms with E-state index < -0.39 is 0 Å². The third-order valence-corrected chi connectivity index (χ3v) is 4.33. The van der Waals surface area contributed by atoms with E-state index in [9.17, 15) is 9.59 Å². The van der Waals surface area contributed by atoms with Crippen LogP contribution in [0.4, 0.5) is 0 Å². The number of rotatable bonds is 4. The summed E-state index contributed by atoms with van der Waals surface area (Å²) >= 11 is 0. The molecular formula is C16H24N6O2. The Labute approximate surface area is 140 Å². The smallest absolute Gasteiger partial charge is 0.345 e. The predicted octanol–water partition coefficient (Wildman–Crippen LogP) is 0.638. The molecule has 1 aliphatic rings. The van der Waals surface area contributed by atoms with Gasteiger partial charge in [-0.15, -0.1) is 0 Å². The number of aromatic amines is 1. The van der Waals surface area contributed by atoms with Crippen LogP contribution in [0.25, 0.3) is 0 Å². The quantitative estimate of drug-likeness (QED) is 0.858. The molecule has 1 amide bonds. The van der Waals surface area contributed by atoms with E-state index in [1.807, 2.05) is 6.07 Å². The Morgan fingerprint density at radius 3 is 3.00 bits per heavy atom. The second kappa shape index (κ2) is 6.62. The Hall–Kier alpha value is -2.38. The standard InChI is InChI=1S/C16H24N6O2/c1-10(2)8-12-9-13(19-18-12)15(23)17-11-4-5-14-20-21(3)16(24)22(14)7-6-11/h9-11H,4-8H2,1-3H3,(H,17,23)(H,18,19). The van der Waals surface area contributed by atoms with Gasteiger partial charge in [-0.25, -0.2) is 9.48 Å². The molecule has 0 spiro atoms. The maximum absolute atomic E-state index is 12.4. The molecule has 1 atom stereocenters. The number of amides is 1. The van der Waals surface area contributed by atoms with Crippen LogP contribution in [0.1, 0.15) is 48.7 Å². The van der Waals surface area contributed by atoms with Crippen molar-refractivity contribution >= 4 is 5.91 Å². The summed E-state index contributed by atoms with van der Waals surface area (Å²) in [5, 5.41) is 14.3. The molecule has 1 unspecified atom stereocenters. The van der Waals surface area contributed by atoms with Crippen molar-refractivity contribution in [1.82, 2.24) is 29.9 Å². The first-order chi connectivity index (χ1) is 11.4. The van der Waals surface area contributed by atoms with E-state index in [-0.39, 0.29) is 17.6 Å². The second-order valence-corrected chi connectivity index (χ2v) is 6.85. The lowest BCUT2D eigenvalue weighted by atomic mass is 10.1. The van der Waals surface area contributed by atoms with E-state index in [4.69, 9.17) is 0 Å². The third kappa shape index (κ3) is 3.42. The number of aromatic nitrogens is 5. The number of H-pyrrole nitrogens is 1. The van der Waals surface area contributed by atoms with Crippen LogP contribution in [0.3, 0.4) is 0 Å². The molecule has 1 aliphatic heterocycles. The zero-order chi connectivity index (χ0) is 17.3. The average Bonchev–Trinajstić information content (AvgIpc) is 3.01. The van der Waals surface area contributed by atoms with Crippen LogP contribution in [0.2, 0.25) is 0 Å². The molecule has 0 radical (unpaired) electrons. The highest BCUT2D eigenvalue weighted by molar-refractivity contribution is 5.92. The lowest BCUT2D eigenvalue weighted by Gasteiger charge is -2.14. The van der Waals surface area contributed by atoms with Gasteiger partial charge in [-0.1, -0.05) is 13.8 Å². The Bertz CT molecular complexity index is 785. The molecule has 0 aromatic carbocycles. The SMILES string of the molecule is CC(C)Cc1cc(C(=O)NC2CCc3nn(C)c(=O)n3CC2)n[nH]1. The molecule has 0 saturated heterocycles. The Kier molecular flexibility index (Phi) is 4.55. The summed E-state index contributed by atoms with van der Waals surface area (Å²) in [5.74, 6) is 1.13. The summed E-state index contributed by atoms with van der Waals surface area (Å²) in [6.45, 7) is 4.83. The normalized spacial score (nSPS) is 17.6. The fraction of sp³-hybridized carbons (Fsp3) is 0.625. The van der Waals surface area contributed by atoms with Crippen molar-refractivity contribution in [3.05, 3.63) is 33.8 Å². The van der Waals surface area contributed by atoms with Crippen LogP contribution < -0.4 is 11.0 Å². The summed E-state index contributed by atoms with van der Waals surface area (Å²) in [6.07, 6.45) is 3.04. The molecule has 0 saturated carbocycles. The first-order valence-electron chi connectivity index (χ1n) is 8.42. The van der Waals surface area contributed by atoms with E-state index in [1.165, 1.54) is 4.68 Å². The molecular weight excluding hydrogens is 308 g/mol. The van der Waals surface area contributed by atoms with Crippen molar-refractivity contribution in [1.29, 1.82) is 0 Å². The third-order valence-electron chi connectivity index (χ3n) is 4.33. The Morgan fingerprint density at radius 1 is 1.46 bits per heavy atom. The first kappa shape index (κ1) is 16.5. The maximum Gasteiger partial charge on any atom is 0.345 e. The van der Waals surface area contributed by atoms with Crippen LogP contribution in [0.15, 0.2) is 10.9 Å².